The molecule has 206 valence electrons. The van der Waals surface area contributed by atoms with Crippen LogP contribution in [0.1, 0.15) is 28.5 Å². The third-order valence-electron chi connectivity index (χ3n) is 7.11. The predicted octanol–water partition coefficient (Wildman–Crippen LogP) is 5.07. The summed E-state index contributed by atoms with van der Waals surface area (Å²) in [6.45, 7) is 1.05. The van der Waals surface area contributed by atoms with Gasteiger partial charge < -0.3 is 14.8 Å². The Hall–Kier alpha value is -3.60. The van der Waals surface area contributed by atoms with Gasteiger partial charge in [0.25, 0.3) is 0 Å². The van der Waals surface area contributed by atoms with E-state index in [0.717, 1.165) is 52.6 Å². The van der Waals surface area contributed by atoms with Gasteiger partial charge in [-0.25, -0.2) is 4.68 Å². The van der Waals surface area contributed by atoms with Crippen LogP contribution in [0.25, 0.3) is 16.9 Å². The standard InChI is InChI=1S/C30H30N4O4S2/c1-37-22-13-11-21(12-14-22)34-30-27(28(32-34)20-7-3-2-4-8-20)29(24-10-6-16-39-24)40-19-26(36)33(30)18-25(35)31-17-23-9-5-15-38-23/h2-4,6-8,10-14,16,23,29H,5,9,15,17-19H2,1H3,(H,31,35)/t23-,29+/m0/s1. The van der Waals surface area contributed by atoms with Gasteiger partial charge in [0.1, 0.15) is 18.1 Å². The minimum absolute atomic E-state index is 0.0209. The maximum atomic E-state index is 13.8. The fourth-order valence-electron chi connectivity index (χ4n) is 5.13. The zero-order valence-corrected chi connectivity index (χ0v) is 23.7. The summed E-state index contributed by atoms with van der Waals surface area (Å²) in [7, 11) is 1.63. The van der Waals surface area contributed by atoms with Crippen molar-refractivity contribution in [1.82, 2.24) is 15.1 Å². The van der Waals surface area contributed by atoms with Crippen LogP contribution in [-0.2, 0) is 14.3 Å². The highest BCUT2D eigenvalue weighted by atomic mass is 32.2. The molecule has 0 bridgehead atoms. The smallest absolute Gasteiger partial charge is 0.240 e. The Morgan fingerprint density at radius 2 is 1.95 bits per heavy atom. The minimum atomic E-state index is -0.224. The molecule has 1 saturated heterocycles. The SMILES string of the molecule is COc1ccc(-n2nc(-c3ccccc3)c3c2N(CC(=O)NC[C@@H]2CCCO2)C(=O)CS[C@@H]3c2cccs2)cc1. The van der Waals surface area contributed by atoms with Crippen LogP contribution in [0.2, 0.25) is 0 Å². The largest absolute Gasteiger partial charge is 0.497 e. The van der Waals surface area contributed by atoms with E-state index in [4.69, 9.17) is 14.6 Å². The summed E-state index contributed by atoms with van der Waals surface area (Å²) in [5, 5.41) is 10.0. The Kier molecular flexibility index (Phi) is 7.90. The molecule has 1 fully saturated rings. The fraction of sp³-hybridized carbons (Fsp3) is 0.300. The number of ether oxygens (including phenoxy) is 2. The minimum Gasteiger partial charge on any atom is -0.497 e. The molecule has 40 heavy (non-hydrogen) atoms. The number of fused-ring (bicyclic) bond motifs is 1. The van der Waals surface area contributed by atoms with Gasteiger partial charge in [-0.05, 0) is 48.6 Å². The number of hydrogen-bond donors (Lipinski definition) is 1. The van der Waals surface area contributed by atoms with E-state index in [1.807, 2.05) is 60.7 Å². The molecule has 0 radical (unpaired) electrons. The van der Waals surface area contributed by atoms with Gasteiger partial charge >= 0.3 is 0 Å². The maximum Gasteiger partial charge on any atom is 0.240 e. The summed E-state index contributed by atoms with van der Waals surface area (Å²) in [5.41, 5.74) is 3.43. The van der Waals surface area contributed by atoms with Crippen molar-refractivity contribution in [2.75, 3.05) is 37.5 Å². The number of rotatable bonds is 8. The van der Waals surface area contributed by atoms with Crippen molar-refractivity contribution in [2.24, 2.45) is 0 Å². The Bertz CT molecular complexity index is 1470. The second-order valence-corrected chi connectivity index (χ2v) is 11.8. The van der Waals surface area contributed by atoms with E-state index < -0.39 is 0 Å². The molecule has 2 aromatic heterocycles. The zero-order valence-electron chi connectivity index (χ0n) is 22.1. The highest BCUT2D eigenvalue weighted by Gasteiger charge is 2.38. The number of hydrogen-bond acceptors (Lipinski definition) is 7. The molecule has 8 nitrogen and oxygen atoms in total. The lowest BCUT2D eigenvalue weighted by Crippen LogP contribution is -2.44. The first-order valence-electron chi connectivity index (χ1n) is 13.3. The number of carbonyl (C=O) groups is 2. The lowest BCUT2D eigenvalue weighted by atomic mass is 10.0. The van der Waals surface area contributed by atoms with Crippen LogP contribution in [0.4, 0.5) is 5.82 Å². The van der Waals surface area contributed by atoms with Gasteiger partial charge in [-0.2, -0.15) is 5.10 Å². The van der Waals surface area contributed by atoms with Gasteiger partial charge in [0, 0.05) is 29.2 Å². The van der Waals surface area contributed by atoms with Gasteiger partial charge in [0.05, 0.1) is 35.6 Å². The van der Waals surface area contributed by atoms with Crippen LogP contribution in [0.5, 0.6) is 5.75 Å². The Balaban J connectivity index is 1.49. The first kappa shape index (κ1) is 26.6. The molecule has 0 unspecified atom stereocenters. The molecule has 10 heteroatoms. The third-order valence-corrected chi connectivity index (χ3v) is 9.43. The monoisotopic (exact) mass is 574 g/mol. The van der Waals surface area contributed by atoms with E-state index in [1.54, 1.807) is 39.8 Å². The van der Waals surface area contributed by atoms with E-state index in [2.05, 4.69) is 16.8 Å². The first-order chi connectivity index (χ1) is 19.6. The molecule has 1 N–H and O–H groups in total. The van der Waals surface area contributed by atoms with Crippen molar-refractivity contribution in [3.05, 3.63) is 82.6 Å². The molecular formula is C30H30N4O4S2. The summed E-state index contributed by atoms with van der Waals surface area (Å²) in [4.78, 5) is 29.7. The number of thioether (sulfide) groups is 1. The molecule has 0 aliphatic carbocycles. The molecule has 2 aromatic carbocycles. The van der Waals surface area contributed by atoms with Crippen LogP contribution in [0.15, 0.2) is 72.1 Å². The predicted molar refractivity (Wildman–Crippen MR) is 159 cm³/mol. The van der Waals surface area contributed by atoms with Crippen molar-refractivity contribution < 1.29 is 19.1 Å². The van der Waals surface area contributed by atoms with Gasteiger partial charge in [-0.15, -0.1) is 23.1 Å². The lowest BCUT2D eigenvalue weighted by molar-refractivity contribution is -0.123. The molecule has 0 saturated carbocycles. The van der Waals surface area contributed by atoms with E-state index in [1.165, 1.54) is 0 Å². The number of benzene rings is 2. The Morgan fingerprint density at radius 1 is 1.12 bits per heavy atom. The number of thiophene rings is 1. The van der Waals surface area contributed by atoms with Gasteiger partial charge in [0.15, 0.2) is 0 Å². The molecule has 0 spiro atoms. The van der Waals surface area contributed by atoms with Crippen molar-refractivity contribution in [2.45, 2.75) is 24.2 Å². The third kappa shape index (κ3) is 5.39. The summed E-state index contributed by atoms with van der Waals surface area (Å²) in [6, 6.07) is 21.7. The molecular weight excluding hydrogens is 544 g/mol. The second-order valence-electron chi connectivity index (χ2n) is 9.69. The Labute approximate surface area is 241 Å². The number of methoxy groups -OCH3 is 1. The number of amides is 2. The molecule has 2 amide bonds. The highest BCUT2D eigenvalue weighted by molar-refractivity contribution is 8.00. The van der Waals surface area contributed by atoms with Crippen LogP contribution in [0.3, 0.4) is 0 Å². The number of nitrogens with zero attached hydrogens (tertiary/aromatic N) is 3. The van der Waals surface area contributed by atoms with E-state index in [-0.39, 0.29) is 35.5 Å². The van der Waals surface area contributed by atoms with Crippen molar-refractivity contribution in [1.29, 1.82) is 0 Å². The quantitative estimate of drug-likeness (QED) is 0.316. The van der Waals surface area contributed by atoms with Crippen molar-refractivity contribution in [3.8, 4) is 22.7 Å². The maximum absolute atomic E-state index is 13.8. The molecule has 4 heterocycles. The fourth-order valence-corrected chi connectivity index (χ4v) is 7.30. The number of nitrogens with one attached hydrogen (secondary N) is 1. The van der Waals surface area contributed by atoms with Crippen molar-refractivity contribution in [3.63, 3.8) is 0 Å². The van der Waals surface area contributed by atoms with E-state index >= 15 is 0 Å². The van der Waals surface area contributed by atoms with Gasteiger partial charge in [-0.1, -0.05) is 36.4 Å². The summed E-state index contributed by atoms with van der Waals surface area (Å²) in [5.74, 6) is 1.22. The Morgan fingerprint density at radius 3 is 2.65 bits per heavy atom. The average molecular weight is 575 g/mol. The van der Waals surface area contributed by atoms with Gasteiger partial charge in [0.2, 0.25) is 11.8 Å². The van der Waals surface area contributed by atoms with E-state index in [0.29, 0.717) is 12.4 Å². The first-order valence-corrected chi connectivity index (χ1v) is 15.2. The second kappa shape index (κ2) is 11.9. The number of aromatic nitrogens is 2. The summed E-state index contributed by atoms with van der Waals surface area (Å²) in [6.07, 6.45) is 1.95. The molecule has 4 aromatic rings. The summed E-state index contributed by atoms with van der Waals surface area (Å²) < 4.78 is 12.9. The number of anilines is 1. The van der Waals surface area contributed by atoms with Crippen molar-refractivity contribution >= 4 is 40.7 Å². The number of carbonyl (C=O) groups excluding carboxylic acids is 2. The molecule has 6 rings (SSSR count). The van der Waals surface area contributed by atoms with Crippen LogP contribution < -0.4 is 15.0 Å². The van der Waals surface area contributed by atoms with Gasteiger partial charge in [-0.3, -0.25) is 14.5 Å². The zero-order chi connectivity index (χ0) is 27.5. The topological polar surface area (TPSA) is 85.7 Å². The normalized spacial score (nSPS) is 18.8. The molecule has 2 atom stereocenters. The van der Waals surface area contributed by atoms with Crippen LogP contribution >= 0.6 is 23.1 Å². The average Bonchev–Trinajstić information content (AvgIpc) is 3.77. The lowest BCUT2D eigenvalue weighted by Gasteiger charge is -2.23. The molecule has 2 aliphatic rings. The highest BCUT2D eigenvalue weighted by Crippen LogP contribution is 2.49. The van der Waals surface area contributed by atoms with Crippen LogP contribution in [-0.4, -0.2) is 60.3 Å². The van der Waals surface area contributed by atoms with Crippen LogP contribution in [0, 0.1) is 0 Å². The molecule has 2 aliphatic heterocycles. The summed E-state index contributed by atoms with van der Waals surface area (Å²) >= 11 is 3.23. The van der Waals surface area contributed by atoms with E-state index in [9.17, 15) is 9.59 Å².